The summed E-state index contributed by atoms with van der Waals surface area (Å²) in [4.78, 5) is 15.3. The number of carboxylic acid groups (broad SMARTS) is 1. The van der Waals surface area contributed by atoms with Gasteiger partial charge in [0.2, 0.25) is 0 Å². The van der Waals surface area contributed by atoms with Gasteiger partial charge in [0.15, 0.2) is 0 Å². The van der Waals surface area contributed by atoms with Gasteiger partial charge >= 0.3 is 5.97 Å². The molecule has 1 unspecified atom stereocenters. The first kappa shape index (κ1) is 15.9. The van der Waals surface area contributed by atoms with Gasteiger partial charge in [-0.05, 0) is 37.2 Å². The van der Waals surface area contributed by atoms with Crippen molar-refractivity contribution in [1.82, 2.24) is 4.90 Å². The predicted octanol–water partition coefficient (Wildman–Crippen LogP) is 2.97. The van der Waals surface area contributed by atoms with E-state index in [1.807, 2.05) is 18.2 Å². The highest BCUT2D eigenvalue weighted by atomic mass is 35.5. The highest BCUT2D eigenvalue weighted by molar-refractivity contribution is 6.32. The van der Waals surface area contributed by atoms with E-state index in [0.29, 0.717) is 11.1 Å². The third-order valence-electron chi connectivity index (χ3n) is 3.93. The Kier molecular flexibility index (Phi) is 5.26. The molecule has 1 aromatic rings. The van der Waals surface area contributed by atoms with Gasteiger partial charge < -0.3 is 10.0 Å². The summed E-state index contributed by atoms with van der Waals surface area (Å²) in [6.45, 7) is 8.52. The second kappa shape index (κ2) is 6.96. The van der Waals surface area contributed by atoms with Gasteiger partial charge in [-0.15, -0.1) is 0 Å². The number of carboxylic acids is 1. The number of rotatable bonds is 4. The zero-order valence-corrected chi connectivity index (χ0v) is 13.2. The van der Waals surface area contributed by atoms with E-state index in [9.17, 15) is 4.79 Å². The molecule has 0 bridgehead atoms. The van der Waals surface area contributed by atoms with E-state index in [2.05, 4.69) is 23.6 Å². The lowest BCUT2D eigenvalue weighted by Crippen LogP contribution is -2.51. The Balaban J connectivity index is 2.12. The minimum atomic E-state index is -0.973. The van der Waals surface area contributed by atoms with Crippen LogP contribution in [0.2, 0.25) is 5.02 Å². The van der Waals surface area contributed by atoms with Crippen LogP contribution in [0.3, 0.4) is 0 Å². The lowest BCUT2D eigenvalue weighted by molar-refractivity contribution is -0.131. The second-order valence-electron chi connectivity index (χ2n) is 5.30. The average Bonchev–Trinajstić information content (AvgIpc) is 2.45. The van der Waals surface area contributed by atoms with Crippen LogP contribution < -0.4 is 4.90 Å². The molecule has 0 saturated carbocycles. The summed E-state index contributed by atoms with van der Waals surface area (Å²) in [7, 11) is 0. The second-order valence-corrected chi connectivity index (χ2v) is 5.71. The number of nitrogens with zero attached hydrogens (tertiary/aromatic N) is 2. The van der Waals surface area contributed by atoms with Crippen molar-refractivity contribution in [3.8, 4) is 0 Å². The van der Waals surface area contributed by atoms with Crippen LogP contribution in [0.25, 0.3) is 6.08 Å². The summed E-state index contributed by atoms with van der Waals surface area (Å²) in [6.07, 6.45) is 2.62. The topological polar surface area (TPSA) is 43.8 Å². The van der Waals surface area contributed by atoms with Gasteiger partial charge in [-0.25, -0.2) is 4.79 Å². The van der Waals surface area contributed by atoms with Crippen LogP contribution >= 0.6 is 11.6 Å². The number of hydrogen-bond donors (Lipinski definition) is 1. The Labute approximate surface area is 130 Å². The van der Waals surface area contributed by atoms with Crippen molar-refractivity contribution >= 4 is 29.3 Å². The fourth-order valence-corrected chi connectivity index (χ4v) is 2.95. The van der Waals surface area contributed by atoms with Crippen LogP contribution in [-0.2, 0) is 4.79 Å². The first-order valence-electron chi connectivity index (χ1n) is 7.20. The van der Waals surface area contributed by atoms with Crippen molar-refractivity contribution in [2.24, 2.45) is 0 Å². The van der Waals surface area contributed by atoms with Crippen LogP contribution in [0.4, 0.5) is 5.69 Å². The third-order valence-corrected chi connectivity index (χ3v) is 4.25. The Morgan fingerprint density at radius 2 is 2.24 bits per heavy atom. The average molecular weight is 309 g/mol. The molecule has 2 rings (SSSR count). The molecule has 0 aliphatic carbocycles. The van der Waals surface area contributed by atoms with Gasteiger partial charge in [-0.3, -0.25) is 4.90 Å². The minimum Gasteiger partial charge on any atom is -0.478 e. The number of carbonyl (C=O) groups is 1. The van der Waals surface area contributed by atoms with Gasteiger partial charge in [0.25, 0.3) is 0 Å². The molecule has 1 saturated heterocycles. The van der Waals surface area contributed by atoms with Crippen molar-refractivity contribution in [2.45, 2.75) is 19.9 Å². The Morgan fingerprint density at radius 3 is 2.81 bits per heavy atom. The summed E-state index contributed by atoms with van der Waals surface area (Å²) in [5.74, 6) is -0.973. The van der Waals surface area contributed by atoms with Crippen LogP contribution in [0.15, 0.2) is 24.3 Å². The molecule has 1 N–H and O–H groups in total. The van der Waals surface area contributed by atoms with E-state index in [1.165, 1.54) is 6.08 Å². The van der Waals surface area contributed by atoms with E-state index < -0.39 is 5.97 Å². The molecule has 1 aliphatic heterocycles. The van der Waals surface area contributed by atoms with Crippen LogP contribution in [0.5, 0.6) is 0 Å². The van der Waals surface area contributed by atoms with E-state index in [-0.39, 0.29) is 0 Å². The zero-order chi connectivity index (χ0) is 15.4. The number of aliphatic carboxylic acids is 1. The van der Waals surface area contributed by atoms with Gasteiger partial charge in [0, 0.05) is 42.5 Å². The van der Waals surface area contributed by atoms with Crippen LogP contribution in [0.1, 0.15) is 19.4 Å². The molecule has 0 amide bonds. The number of halogens is 1. The Hall–Kier alpha value is -1.52. The number of piperazine rings is 1. The maximum Gasteiger partial charge on any atom is 0.328 e. The maximum absolute atomic E-state index is 10.6. The molecule has 21 heavy (non-hydrogen) atoms. The summed E-state index contributed by atoms with van der Waals surface area (Å²) in [5, 5.41) is 9.24. The van der Waals surface area contributed by atoms with Crippen molar-refractivity contribution in [2.75, 3.05) is 31.1 Å². The third kappa shape index (κ3) is 3.99. The molecule has 0 spiro atoms. The summed E-state index contributed by atoms with van der Waals surface area (Å²) in [6, 6.07) is 6.31. The molecule has 4 nitrogen and oxygen atoms in total. The van der Waals surface area contributed by atoms with Gasteiger partial charge in [0.1, 0.15) is 0 Å². The normalized spacial score (nSPS) is 20.1. The molecule has 0 aromatic heterocycles. The van der Waals surface area contributed by atoms with E-state index >= 15 is 0 Å². The quantitative estimate of drug-likeness (QED) is 0.869. The number of hydrogen-bond acceptors (Lipinski definition) is 3. The number of benzene rings is 1. The predicted molar refractivity (Wildman–Crippen MR) is 87.0 cm³/mol. The summed E-state index contributed by atoms with van der Waals surface area (Å²) in [5.41, 5.74) is 1.82. The highest BCUT2D eigenvalue weighted by Gasteiger charge is 2.22. The lowest BCUT2D eigenvalue weighted by atomic mass is 10.1. The van der Waals surface area contributed by atoms with Crippen molar-refractivity contribution in [3.63, 3.8) is 0 Å². The first-order valence-corrected chi connectivity index (χ1v) is 7.58. The maximum atomic E-state index is 10.6. The lowest BCUT2D eigenvalue weighted by Gasteiger charge is -2.40. The van der Waals surface area contributed by atoms with E-state index in [4.69, 9.17) is 16.7 Å². The number of likely N-dealkylation sites (N-methyl/N-ethyl adjacent to an activating group) is 1. The SMILES string of the molecule is CCN1CCN(c2ccc(/C=C/C(=O)O)c(Cl)c2)CC1C. The number of anilines is 1. The van der Waals surface area contributed by atoms with Crippen molar-refractivity contribution < 1.29 is 9.90 Å². The Morgan fingerprint density at radius 1 is 1.48 bits per heavy atom. The molecule has 1 aromatic carbocycles. The fourth-order valence-electron chi connectivity index (χ4n) is 2.71. The zero-order valence-electron chi connectivity index (χ0n) is 12.4. The molecular weight excluding hydrogens is 288 g/mol. The fraction of sp³-hybridized carbons (Fsp3) is 0.438. The van der Waals surface area contributed by atoms with Gasteiger partial charge in [0.05, 0.1) is 0 Å². The molecule has 0 radical (unpaired) electrons. The van der Waals surface area contributed by atoms with Crippen molar-refractivity contribution in [3.05, 3.63) is 34.9 Å². The first-order chi connectivity index (χ1) is 10.0. The van der Waals surface area contributed by atoms with E-state index in [1.54, 1.807) is 0 Å². The summed E-state index contributed by atoms with van der Waals surface area (Å²) < 4.78 is 0. The smallest absolute Gasteiger partial charge is 0.328 e. The molecule has 1 atom stereocenters. The highest BCUT2D eigenvalue weighted by Crippen LogP contribution is 2.26. The molecule has 1 aliphatic rings. The van der Waals surface area contributed by atoms with E-state index in [0.717, 1.165) is 43.5 Å². The van der Waals surface area contributed by atoms with Gasteiger partial charge in [-0.2, -0.15) is 0 Å². The molecular formula is C16H21ClN2O2. The summed E-state index contributed by atoms with van der Waals surface area (Å²) >= 11 is 6.24. The molecule has 5 heteroatoms. The molecule has 1 fully saturated rings. The molecule has 1 heterocycles. The minimum absolute atomic E-state index is 0.522. The molecule has 114 valence electrons. The van der Waals surface area contributed by atoms with Crippen LogP contribution in [-0.4, -0.2) is 48.2 Å². The Bertz CT molecular complexity index is 545. The largest absolute Gasteiger partial charge is 0.478 e. The van der Waals surface area contributed by atoms with Crippen molar-refractivity contribution in [1.29, 1.82) is 0 Å². The monoisotopic (exact) mass is 308 g/mol. The van der Waals surface area contributed by atoms with Crippen LogP contribution in [0, 0.1) is 0 Å². The van der Waals surface area contributed by atoms with Gasteiger partial charge in [-0.1, -0.05) is 24.6 Å². The standard InChI is InChI=1S/C16H21ClN2O2/c1-3-18-8-9-19(11-12(18)2)14-6-4-13(15(17)10-14)5-7-16(20)21/h4-7,10,12H,3,8-9,11H2,1-2H3,(H,20,21)/b7-5+.